The average molecular weight is 931 g/mol. The number of ether oxygens (including phenoxy) is 13. The first-order valence-corrected chi connectivity index (χ1v) is 25.7. The Kier molecular flexibility index (Phi) is 15.0. The summed E-state index contributed by atoms with van der Waals surface area (Å²) in [6.45, 7) is 32.1. The second-order valence-corrected chi connectivity index (χ2v) is 23.5. The van der Waals surface area contributed by atoms with E-state index in [1.165, 1.54) is 44.9 Å². The molecular formula is C53H86O13. The summed E-state index contributed by atoms with van der Waals surface area (Å²) >= 11 is 0. The van der Waals surface area contributed by atoms with Gasteiger partial charge in [-0.25, -0.2) is 0 Å². The van der Waals surface area contributed by atoms with Gasteiger partial charge in [0.05, 0.1) is 13.2 Å². The van der Waals surface area contributed by atoms with E-state index in [9.17, 15) is 0 Å². The largest absolute Gasteiger partial charge is 0.490 e. The third kappa shape index (κ3) is 11.4. The van der Waals surface area contributed by atoms with E-state index in [4.69, 9.17) is 61.6 Å². The van der Waals surface area contributed by atoms with Crippen molar-refractivity contribution in [2.45, 2.75) is 271 Å². The summed E-state index contributed by atoms with van der Waals surface area (Å²) in [5.41, 5.74) is 3.90. The highest BCUT2D eigenvalue weighted by atomic mass is 16.9. The first-order chi connectivity index (χ1) is 30.9. The molecule has 0 bridgehead atoms. The Morgan fingerprint density at radius 2 is 1.02 bits per heavy atom. The molecule has 0 spiro atoms. The van der Waals surface area contributed by atoms with Gasteiger partial charge in [-0.2, -0.15) is 0 Å². The van der Waals surface area contributed by atoms with E-state index in [2.05, 4.69) is 48.5 Å². The number of hydrogen-bond acceptors (Lipinski definition) is 13. The molecule has 7 aliphatic heterocycles. The summed E-state index contributed by atoms with van der Waals surface area (Å²) in [5, 5.41) is 0. The Balaban J connectivity index is 0.975. The Morgan fingerprint density at radius 1 is 0.545 bits per heavy atom. The summed E-state index contributed by atoms with van der Waals surface area (Å²) in [6.07, 6.45) is 8.58. The quantitative estimate of drug-likeness (QED) is 0.131. The van der Waals surface area contributed by atoms with Crippen LogP contribution in [0.5, 0.6) is 11.5 Å². The van der Waals surface area contributed by atoms with Gasteiger partial charge in [0.1, 0.15) is 72.5 Å². The molecule has 7 heterocycles. The van der Waals surface area contributed by atoms with Crippen LogP contribution in [-0.4, -0.2) is 103 Å². The first kappa shape index (κ1) is 50.8. The Hall–Kier alpha value is -1.62. The zero-order valence-electron chi connectivity index (χ0n) is 43.2. The Bertz CT molecular complexity index is 1830. The van der Waals surface area contributed by atoms with Gasteiger partial charge < -0.3 is 61.6 Å². The molecule has 6 saturated heterocycles. The van der Waals surface area contributed by atoms with Gasteiger partial charge in [0, 0.05) is 11.1 Å². The molecular weight excluding hydrogens is 845 g/mol. The predicted molar refractivity (Wildman–Crippen MR) is 248 cm³/mol. The second-order valence-electron chi connectivity index (χ2n) is 23.5. The van der Waals surface area contributed by atoms with Crippen molar-refractivity contribution in [3.05, 3.63) is 22.3 Å². The molecule has 0 amide bonds. The van der Waals surface area contributed by atoms with Crippen molar-refractivity contribution in [1.29, 1.82) is 0 Å². The van der Waals surface area contributed by atoms with E-state index < -0.39 is 72.4 Å². The van der Waals surface area contributed by atoms with E-state index in [0.717, 1.165) is 71.3 Å². The fourth-order valence-electron chi connectivity index (χ4n) is 11.6. The maximum atomic E-state index is 7.16. The van der Waals surface area contributed by atoms with Gasteiger partial charge in [-0.1, -0.05) is 72.6 Å². The van der Waals surface area contributed by atoms with Gasteiger partial charge in [-0.05, 0) is 131 Å². The summed E-state index contributed by atoms with van der Waals surface area (Å²) in [7, 11) is 0. The minimum atomic E-state index is -0.818. The summed E-state index contributed by atoms with van der Waals surface area (Å²) in [5.74, 6) is 0.792. The van der Waals surface area contributed by atoms with Crippen LogP contribution in [0.4, 0.5) is 0 Å². The molecule has 13 nitrogen and oxygen atoms in total. The van der Waals surface area contributed by atoms with E-state index in [1.54, 1.807) is 0 Å². The number of rotatable bonds is 19. The number of fused-ring (bicyclic) bond motifs is 7. The highest BCUT2D eigenvalue weighted by Crippen LogP contribution is 2.49. The molecule has 7 aliphatic rings. The fraction of sp³-hybridized carbons (Fsp3) is 0.887. The lowest BCUT2D eigenvalue weighted by molar-refractivity contribution is -0.243. The fourth-order valence-corrected chi connectivity index (χ4v) is 11.6. The van der Waals surface area contributed by atoms with Crippen LogP contribution >= 0.6 is 0 Å². The maximum Gasteiger partial charge on any atom is 0.190 e. The van der Waals surface area contributed by atoms with Crippen LogP contribution in [0, 0.1) is 31.6 Å². The van der Waals surface area contributed by atoms with Crippen molar-refractivity contribution in [1.82, 2.24) is 0 Å². The maximum absolute atomic E-state index is 7.16. The SMILES string of the molecule is Cc1c(C)c2c(c(COC[C@H]3O[C@@H]4OC(C)(C)O[C@@H]4[C@H]4OC(C)(C)O[C@H]43)c1OC[C@H]1O[C@@H]3OC(C)(C)O[C@@H]3[C@H]3OC(C)(C)O[C@H]31)CCC(C)(CCCC(C)CCCC(C)CCCC(C)C)O2. The molecule has 3 unspecified atom stereocenters. The van der Waals surface area contributed by atoms with Crippen LogP contribution in [0.3, 0.4) is 0 Å². The molecule has 1 aromatic carbocycles. The molecule has 0 saturated carbocycles. The highest BCUT2D eigenvalue weighted by molar-refractivity contribution is 5.59. The average Bonchev–Trinajstić information content (AvgIpc) is 3.92. The molecule has 6 fully saturated rings. The molecule has 13 heteroatoms. The number of benzene rings is 1. The van der Waals surface area contributed by atoms with E-state index in [-0.39, 0.29) is 37.6 Å². The normalized spacial score (nSPS) is 36.5. The summed E-state index contributed by atoms with van der Waals surface area (Å²) < 4.78 is 84.7. The van der Waals surface area contributed by atoms with Gasteiger partial charge >= 0.3 is 0 Å². The smallest absolute Gasteiger partial charge is 0.190 e. The lowest BCUT2D eigenvalue weighted by Crippen LogP contribution is -2.56. The molecule has 66 heavy (non-hydrogen) atoms. The standard InChI is InChI=1S/C53H86O13/c1-30(2)19-16-20-31(3)21-17-22-32(4)23-18-25-53(15)26-24-35-36(27-54-28-37-41-43(60-49(7,8)58-41)45-47(56-37)65-51(11,12)62-45)39(33(5)34(6)40(35)64-53)55-29-38-42-44(61-50(9,10)59-42)46-48(57-38)66-52(13,14)63-46/h30-32,37-38,41-48H,16-29H2,1-15H3/t31?,32?,37-,38-,41+,42+,43+,44+,45-,46-,47-,48-,53?/m1/s1. The van der Waals surface area contributed by atoms with Crippen molar-refractivity contribution < 1.29 is 61.6 Å². The van der Waals surface area contributed by atoms with Crippen LogP contribution in [-0.2, 0) is 65.1 Å². The predicted octanol–water partition coefficient (Wildman–Crippen LogP) is 10.5. The van der Waals surface area contributed by atoms with Gasteiger partial charge in [0.2, 0.25) is 0 Å². The lowest BCUT2D eigenvalue weighted by atomic mass is 9.83. The lowest BCUT2D eigenvalue weighted by Gasteiger charge is -2.40. The van der Waals surface area contributed by atoms with E-state index in [0.29, 0.717) is 5.92 Å². The molecule has 376 valence electrons. The van der Waals surface area contributed by atoms with Crippen molar-refractivity contribution >= 4 is 0 Å². The second kappa shape index (κ2) is 19.5. The Morgan fingerprint density at radius 3 is 1.56 bits per heavy atom. The van der Waals surface area contributed by atoms with Gasteiger partial charge in [-0.3, -0.25) is 0 Å². The minimum absolute atomic E-state index is 0.208. The van der Waals surface area contributed by atoms with Crippen molar-refractivity contribution in [3.8, 4) is 11.5 Å². The minimum Gasteiger partial charge on any atom is -0.490 e. The van der Waals surface area contributed by atoms with Crippen LogP contribution < -0.4 is 9.47 Å². The van der Waals surface area contributed by atoms with E-state index >= 15 is 0 Å². The summed E-state index contributed by atoms with van der Waals surface area (Å²) in [6, 6.07) is 0. The molecule has 0 N–H and O–H groups in total. The Labute approximate surface area is 396 Å². The molecule has 0 aromatic heterocycles. The zero-order valence-corrected chi connectivity index (χ0v) is 43.2. The van der Waals surface area contributed by atoms with E-state index in [1.807, 2.05) is 55.4 Å². The zero-order chi connectivity index (χ0) is 47.6. The van der Waals surface area contributed by atoms with Crippen LogP contribution in [0.2, 0.25) is 0 Å². The third-order valence-corrected chi connectivity index (χ3v) is 15.1. The van der Waals surface area contributed by atoms with Crippen LogP contribution in [0.15, 0.2) is 0 Å². The summed E-state index contributed by atoms with van der Waals surface area (Å²) in [4.78, 5) is 0. The first-order valence-electron chi connectivity index (χ1n) is 25.7. The monoisotopic (exact) mass is 931 g/mol. The van der Waals surface area contributed by atoms with Crippen LogP contribution in [0.1, 0.15) is 176 Å². The topological polar surface area (TPSA) is 120 Å². The van der Waals surface area contributed by atoms with Gasteiger partial charge in [0.15, 0.2) is 35.7 Å². The molecule has 1 aromatic rings. The molecule has 13 atom stereocenters. The van der Waals surface area contributed by atoms with Crippen LogP contribution in [0.25, 0.3) is 0 Å². The molecule has 0 radical (unpaired) electrons. The van der Waals surface area contributed by atoms with Crippen molar-refractivity contribution in [2.75, 3.05) is 13.2 Å². The third-order valence-electron chi connectivity index (χ3n) is 15.1. The highest BCUT2D eigenvalue weighted by Gasteiger charge is 2.62. The van der Waals surface area contributed by atoms with Gasteiger partial charge in [-0.15, -0.1) is 0 Å². The van der Waals surface area contributed by atoms with Crippen molar-refractivity contribution in [2.24, 2.45) is 17.8 Å². The van der Waals surface area contributed by atoms with Gasteiger partial charge in [0.25, 0.3) is 0 Å². The number of hydrogen-bond donors (Lipinski definition) is 0. The molecule has 8 rings (SSSR count). The molecule has 0 aliphatic carbocycles. The van der Waals surface area contributed by atoms with Crippen molar-refractivity contribution in [3.63, 3.8) is 0 Å².